The normalized spacial score (nSPS) is 19.1. The molecule has 2 atom stereocenters. The molecule has 4 aromatic rings. The molecule has 3 aromatic heterocycles. The van der Waals surface area contributed by atoms with E-state index in [0.29, 0.717) is 12.0 Å². The van der Waals surface area contributed by atoms with Gasteiger partial charge in [-0.15, -0.1) is 0 Å². The second-order valence-corrected chi connectivity index (χ2v) is 10.4. The molecular formula is C25H23N5O2S. The fourth-order valence-electron chi connectivity index (χ4n) is 5.21. The molecule has 7 nitrogen and oxygen atoms in total. The lowest BCUT2D eigenvalue weighted by atomic mass is 10.0. The van der Waals surface area contributed by atoms with Crippen molar-refractivity contribution in [3.8, 4) is 33.9 Å². The van der Waals surface area contributed by atoms with Gasteiger partial charge in [0, 0.05) is 35.0 Å². The molecule has 0 spiro atoms. The van der Waals surface area contributed by atoms with Crippen LogP contribution in [-0.4, -0.2) is 27.9 Å². The Balaban J connectivity index is 1.50. The van der Waals surface area contributed by atoms with Crippen molar-refractivity contribution in [2.75, 3.05) is 0 Å². The monoisotopic (exact) mass is 457 g/mol. The lowest BCUT2D eigenvalue weighted by molar-refractivity contribution is 0.530. The summed E-state index contributed by atoms with van der Waals surface area (Å²) in [5, 5.41) is 5.24. The third-order valence-corrected chi connectivity index (χ3v) is 7.65. The molecule has 166 valence electrons. The second kappa shape index (κ2) is 7.33. The van der Waals surface area contributed by atoms with Crippen molar-refractivity contribution in [1.29, 1.82) is 0 Å². The van der Waals surface area contributed by atoms with Crippen molar-refractivity contribution in [3.63, 3.8) is 0 Å². The predicted molar refractivity (Wildman–Crippen MR) is 126 cm³/mol. The summed E-state index contributed by atoms with van der Waals surface area (Å²) < 4.78 is 25.6. The lowest BCUT2D eigenvalue weighted by Crippen LogP contribution is -2.11. The predicted octanol–water partition coefficient (Wildman–Crippen LogP) is 4.45. The number of pyridine rings is 2. The van der Waals surface area contributed by atoms with Gasteiger partial charge in [0.1, 0.15) is 11.5 Å². The Morgan fingerprint density at radius 2 is 1.79 bits per heavy atom. The molecule has 1 aliphatic carbocycles. The van der Waals surface area contributed by atoms with Gasteiger partial charge in [-0.1, -0.05) is 18.2 Å². The summed E-state index contributed by atoms with van der Waals surface area (Å²) in [6.45, 7) is 1.99. The molecule has 2 aliphatic rings. The summed E-state index contributed by atoms with van der Waals surface area (Å²) in [5.74, 6) is 1.68. The van der Waals surface area contributed by atoms with E-state index in [0.717, 1.165) is 51.8 Å². The summed E-state index contributed by atoms with van der Waals surface area (Å²) in [6.07, 6.45) is 5.32. The van der Waals surface area contributed by atoms with E-state index in [-0.39, 0.29) is 4.90 Å². The molecule has 0 unspecified atom stereocenters. The van der Waals surface area contributed by atoms with Crippen LogP contribution in [0.3, 0.4) is 0 Å². The van der Waals surface area contributed by atoms with E-state index in [1.54, 1.807) is 18.3 Å². The van der Waals surface area contributed by atoms with Crippen molar-refractivity contribution in [3.05, 3.63) is 72.3 Å². The van der Waals surface area contributed by atoms with Crippen LogP contribution in [-0.2, 0) is 10.0 Å². The number of fused-ring (bicyclic) bond motifs is 5. The number of imidazole rings is 1. The maximum atomic E-state index is 11.6. The van der Waals surface area contributed by atoms with Crippen molar-refractivity contribution < 1.29 is 8.42 Å². The smallest absolute Gasteiger partial charge is 0.238 e. The van der Waals surface area contributed by atoms with Crippen LogP contribution in [0.25, 0.3) is 33.9 Å². The third-order valence-electron chi connectivity index (χ3n) is 6.72. The summed E-state index contributed by atoms with van der Waals surface area (Å²) in [5.41, 5.74) is 6.44. The summed E-state index contributed by atoms with van der Waals surface area (Å²) >= 11 is 0. The van der Waals surface area contributed by atoms with Crippen LogP contribution in [0.5, 0.6) is 0 Å². The highest BCUT2D eigenvalue weighted by atomic mass is 32.2. The summed E-state index contributed by atoms with van der Waals surface area (Å²) in [7, 11) is -3.74. The van der Waals surface area contributed by atoms with Crippen LogP contribution in [0.15, 0.2) is 65.7 Å². The largest absolute Gasteiger partial charge is 0.324 e. The first-order valence-corrected chi connectivity index (χ1v) is 12.6. The number of sulfonamides is 1. The van der Waals surface area contributed by atoms with Crippen LogP contribution in [0.1, 0.15) is 42.7 Å². The minimum Gasteiger partial charge on any atom is -0.324 e. The number of aromatic nitrogens is 4. The van der Waals surface area contributed by atoms with Crippen LogP contribution >= 0.6 is 0 Å². The maximum Gasteiger partial charge on any atom is 0.238 e. The van der Waals surface area contributed by atoms with Gasteiger partial charge < -0.3 is 4.57 Å². The molecule has 1 fully saturated rings. The Labute approximate surface area is 192 Å². The first-order valence-electron chi connectivity index (χ1n) is 11.0. The van der Waals surface area contributed by atoms with Crippen LogP contribution in [0.2, 0.25) is 0 Å². The van der Waals surface area contributed by atoms with Crippen molar-refractivity contribution in [2.45, 2.75) is 43.0 Å². The fourth-order valence-corrected chi connectivity index (χ4v) is 5.73. The highest BCUT2D eigenvalue weighted by Crippen LogP contribution is 2.52. The molecule has 1 aliphatic heterocycles. The van der Waals surface area contributed by atoms with E-state index in [1.165, 1.54) is 25.0 Å². The van der Waals surface area contributed by atoms with E-state index in [2.05, 4.69) is 9.55 Å². The Morgan fingerprint density at radius 3 is 2.55 bits per heavy atom. The highest BCUT2D eigenvalue weighted by Gasteiger charge is 2.41. The Hall–Kier alpha value is -3.36. The zero-order chi connectivity index (χ0) is 22.7. The van der Waals surface area contributed by atoms with Crippen molar-refractivity contribution >= 4 is 10.0 Å². The van der Waals surface area contributed by atoms with Gasteiger partial charge >= 0.3 is 0 Å². The van der Waals surface area contributed by atoms with Gasteiger partial charge in [0.15, 0.2) is 0 Å². The highest BCUT2D eigenvalue weighted by molar-refractivity contribution is 7.89. The maximum absolute atomic E-state index is 11.6. The molecule has 0 radical (unpaired) electrons. The van der Waals surface area contributed by atoms with Gasteiger partial charge in [0.2, 0.25) is 10.0 Å². The minimum atomic E-state index is -3.74. The standard InChI is InChI=1S/C25H23N5O2S/c1-15-3-2-4-21(28-15)23-24(30-19-8-5-18(13-19)25(30)29-23)17-11-12-27-22(14-17)16-6-9-20(10-7-16)33(26,31)32/h2-4,6-7,9-12,14,18-19H,5,8,13H2,1H3,(H2,26,31,32)/t18-,19+/m0/s1. The average molecular weight is 458 g/mol. The lowest BCUT2D eigenvalue weighted by Gasteiger charge is -2.17. The van der Waals surface area contributed by atoms with Crippen LogP contribution < -0.4 is 5.14 Å². The van der Waals surface area contributed by atoms with E-state index in [4.69, 9.17) is 15.1 Å². The van der Waals surface area contributed by atoms with Gasteiger partial charge in [-0.2, -0.15) is 0 Å². The number of aryl methyl sites for hydroxylation is 1. The number of hydrogen-bond donors (Lipinski definition) is 1. The number of nitrogens with zero attached hydrogens (tertiary/aromatic N) is 4. The molecule has 33 heavy (non-hydrogen) atoms. The molecule has 4 heterocycles. The van der Waals surface area contributed by atoms with Crippen molar-refractivity contribution in [2.24, 2.45) is 5.14 Å². The molecular weight excluding hydrogens is 434 g/mol. The Kier molecular flexibility index (Phi) is 4.50. The first kappa shape index (κ1) is 20.3. The van der Waals surface area contributed by atoms with Gasteiger partial charge in [-0.25, -0.2) is 18.5 Å². The third kappa shape index (κ3) is 3.37. The molecule has 1 aromatic carbocycles. The Bertz CT molecular complexity index is 1490. The number of hydrogen-bond acceptors (Lipinski definition) is 5. The van der Waals surface area contributed by atoms with Gasteiger partial charge in [0.05, 0.1) is 22.0 Å². The summed E-state index contributed by atoms with van der Waals surface area (Å²) in [6, 6.07) is 17.0. The molecule has 8 heteroatoms. The molecule has 0 saturated heterocycles. The molecule has 0 amide bonds. The SMILES string of the molecule is Cc1cccc(-c2nc3n(c2-c2ccnc(-c4ccc(S(N)(=O)=O)cc4)c2)[C@@H]2CC[C@H]3C2)n1. The van der Waals surface area contributed by atoms with E-state index in [1.807, 2.05) is 37.3 Å². The zero-order valence-electron chi connectivity index (χ0n) is 18.1. The average Bonchev–Trinajstić information content (AvgIpc) is 3.51. The van der Waals surface area contributed by atoms with Gasteiger partial charge in [-0.3, -0.25) is 9.97 Å². The molecule has 1 saturated carbocycles. The van der Waals surface area contributed by atoms with E-state index < -0.39 is 10.0 Å². The van der Waals surface area contributed by atoms with Crippen LogP contribution in [0, 0.1) is 6.92 Å². The topological polar surface area (TPSA) is 104 Å². The van der Waals surface area contributed by atoms with E-state index in [9.17, 15) is 8.42 Å². The fraction of sp³-hybridized carbons (Fsp3) is 0.240. The number of primary sulfonamides is 1. The molecule has 2 N–H and O–H groups in total. The van der Waals surface area contributed by atoms with Gasteiger partial charge in [-0.05, 0) is 62.6 Å². The second-order valence-electron chi connectivity index (χ2n) is 8.86. The molecule has 2 bridgehead atoms. The minimum absolute atomic E-state index is 0.0832. The number of rotatable bonds is 4. The molecule has 6 rings (SSSR count). The number of benzene rings is 1. The van der Waals surface area contributed by atoms with Crippen molar-refractivity contribution in [1.82, 2.24) is 19.5 Å². The first-order chi connectivity index (χ1) is 15.9. The Morgan fingerprint density at radius 1 is 0.970 bits per heavy atom. The quantitative estimate of drug-likeness (QED) is 0.487. The van der Waals surface area contributed by atoms with Gasteiger partial charge in [0.25, 0.3) is 0 Å². The van der Waals surface area contributed by atoms with E-state index >= 15 is 0 Å². The zero-order valence-corrected chi connectivity index (χ0v) is 19.0. The van der Waals surface area contributed by atoms with Crippen LogP contribution in [0.4, 0.5) is 0 Å². The number of nitrogens with two attached hydrogens (primary N) is 1. The summed E-state index contributed by atoms with van der Waals surface area (Å²) in [4.78, 5) is 14.5.